The van der Waals surface area contributed by atoms with E-state index in [0.717, 1.165) is 0 Å². The Hall–Kier alpha value is -2.28. The normalized spacial score (nSPS) is 10.4. The van der Waals surface area contributed by atoms with Crippen LogP contribution in [0.4, 0.5) is 11.4 Å². The van der Waals surface area contributed by atoms with E-state index in [4.69, 9.17) is 27.6 Å². The fourth-order valence-corrected chi connectivity index (χ4v) is 2.98. The molecule has 0 radical (unpaired) electrons. The zero-order valence-electron chi connectivity index (χ0n) is 13.1. The summed E-state index contributed by atoms with van der Waals surface area (Å²) in [5.41, 5.74) is 1.30. The summed E-state index contributed by atoms with van der Waals surface area (Å²) in [5.74, 6) is -0.621. The molecule has 3 aromatic rings. The molecule has 8 heteroatoms. The van der Waals surface area contributed by atoms with Crippen LogP contribution in [0.3, 0.4) is 0 Å². The van der Waals surface area contributed by atoms with Crippen molar-refractivity contribution < 1.29 is 14.0 Å². The molecular formula is C18H11BrCl2N2O3. The molecule has 2 N–H and O–H groups in total. The summed E-state index contributed by atoms with van der Waals surface area (Å²) in [6.45, 7) is 0. The van der Waals surface area contributed by atoms with Crippen LogP contribution in [-0.2, 0) is 0 Å². The Bertz CT molecular complexity index is 988. The molecule has 3 rings (SSSR count). The maximum absolute atomic E-state index is 12.4. The third-order valence-electron chi connectivity index (χ3n) is 3.35. The number of carbonyl (C=O) groups excluding carboxylic acids is 2. The molecule has 0 unspecified atom stereocenters. The lowest BCUT2D eigenvalue weighted by Crippen LogP contribution is -2.14. The second kappa shape index (κ2) is 7.95. The van der Waals surface area contributed by atoms with E-state index in [9.17, 15) is 9.59 Å². The lowest BCUT2D eigenvalue weighted by Gasteiger charge is -2.09. The average Bonchev–Trinajstić information content (AvgIpc) is 3.01. The summed E-state index contributed by atoms with van der Waals surface area (Å²) >= 11 is 15.0. The molecule has 0 aliphatic heterocycles. The van der Waals surface area contributed by atoms with Crippen LogP contribution < -0.4 is 10.6 Å². The molecule has 0 saturated heterocycles. The molecular weight excluding hydrogens is 443 g/mol. The van der Waals surface area contributed by atoms with Crippen molar-refractivity contribution in [3.8, 4) is 0 Å². The number of anilines is 2. The lowest BCUT2D eigenvalue weighted by atomic mass is 10.2. The first-order valence-corrected chi connectivity index (χ1v) is 8.90. The Morgan fingerprint density at radius 1 is 0.885 bits per heavy atom. The maximum Gasteiger partial charge on any atom is 0.291 e. The van der Waals surface area contributed by atoms with Gasteiger partial charge in [-0.2, -0.15) is 0 Å². The molecule has 0 aliphatic carbocycles. The highest BCUT2D eigenvalue weighted by molar-refractivity contribution is 9.10. The standard InChI is InChI=1S/C18H11BrCl2N2O3/c19-16-7-6-15(26-16)18(25)23-12-3-1-2-11(9-12)22-17(24)13-5-4-10(20)8-14(13)21/h1-9H,(H,22,24)(H,23,25). The molecule has 0 spiro atoms. The largest absolute Gasteiger partial charge is 0.444 e. The van der Waals surface area contributed by atoms with Gasteiger partial charge in [-0.25, -0.2) is 0 Å². The zero-order valence-corrected chi connectivity index (χ0v) is 16.2. The van der Waals surface area contributed by atoms with Crippen molar-refractivity contribution in [3.05, 3.63) is 80.6 Å². The topological polar surface area (TPSA) is 71.3 Å². The molecule has 5 nitrogen and oxygen atoms in total. The quantitative estimate of drug-likeness (QED) is 0.520. The Balaban J connectivity index is 1.72. The number of halogens is 3. The molecule has 0 saturated carbocycles. The second-order valence-electron chi connectivity index (χ2n) is 5.22. The summed E-state index contributed by atoms with van der Waals surface area (Å²) in [4.78, 5) is 24.5. The van der Waals surface area contributed by atoms with E-state index in [2.05, 4.69) is 26.6 Å². The van der Waals surface area contributed by atoms with Crippen LogP contribution in [-0.4, -0.2) is 11.8 Å². The van der Waals surface area contributed by atoms with Crippen molar-refractivity contribution in [1.82, 2.24) is 0 Å². The molecule has 26 heavy (non-hydrogen) atoms. The molecule has 1 aromatic heterocycles. The highest BCUT2D eigenvalue weighted by atomic mass is 79.9. The highest BCUT2D eigenvalue weighted by Gasteiger charge is 2.13. The van der Waals surface area contributed by atoms with E-state index in [1.807, 2.05) is 0 Å². The predicted molar refractivity (Wildman–Crippen MR) is 105 cm³/mol. The van der Waals surface area contributed by atoms with Crippen molar-refractivity contribution in [2.24, 2.45) is 0 Å². The van der Waals surface area contributed by atoms with Gasteiger partial charge in [0.2, 0.25) is 0 Å². The minimum atomic E-state index is -0.403. The Morgan fingerprint density at radius 2 is 1.58 bits per heavy atom. The first kappa shape index (κ1) is 18.5. The summed E-state index contributed by atoms with van der Waals surface area (Å²) in [7, 11) is 0. The zero-order chi connectivity index (χ0) is 18.7. The van der Waals surface area contributed by atoms with Crippen LogP contribution in [0, 0.1) is 0 Å². The Labute approximate surface area is 167 Å². The molecule has 2 aromatic carbocycles. The van der Waals surface area contributed by atoms with Gasteiger partial charge < -0.3 is 15.1 Å². The van der Waals surface area contributed by atoms with Crippen LogP contribution in [0.25, 0.3) is 0 Å². The van der Waals surface area contributed by atoms with Crippen molar-refractivity contribution in [2.45, 2.75) is 0 Å². The first-order valence-electron chi connectivity index (χ1n) is 7.35. The fourth-order valence-electron chi connectivity index (χ4n) is 2.18. The van der Waals surface area contributed by atoms with Crippen LogP contribution in [0.5, 0.6) is 0 Å². The van der Waals surface area contributed by atoms with Gasteiger partial charge >= 0.3 is 0 Å². The summed E-state index contributed by atoms with van der Waals surface area (Å²) in [6.07, 6.45) is 0. The van der Waals surface area contributed by atoms with Crippen molar-refractivity contribution in [2.75, 3.05) is 10.6 Å². The van der Waals surface area contributed by atoms with E-state index in [0.29, 0.717) is 26.6 Å². The minimum Gasteiger partial charge on any atom is -0.444 e. The summed E-state index contributed by atoms with van der Waals surface area (Å²) in [5, 5.41) is 6.12. The fraction of sp³-hybridized carbons (Fsp3) is 0. The van der Waals surface area contributed by atoms with Crippen LogP contribution in [0.15, 0.2) is 63.7 Å². The third-order valence-corrected chi connectivity index (χ3v) is 4.33. The Kier molecular flexibility index (Phi) is 5.66. The molecule has 0 bridgehead atoms. The van der Waals surface area contributed by atoms with E-state index >= 15 is 0 Å². The molecule has 0 aliphatic rings. The van der Waals surface area contributed by atoms with E-state index in [1.165, 1.54) is 6.07 Å². The Morgan fingerprint density at radius 3 is 2.19 bits per heavy atom. The number of hydrogen-bond acceptors (Lipinski definition) is 3. The summed E-state index contributed by atoms with van der Waals surface area (Å²) < 4.78 is 5.66. The first-order chi connectivity index (χ1) is 12.4. The number of rotatable bonds is 4. The van der Waals surface area contributed by atoms with Crippen LogP contribution >= 0.6 is 39.1 Å². The van der Waals surface area contributed by atoms with Gasteiger partial charge in [0.05, 0.1) is 10.6 Å². The SMILES string of the molecule is O=C(Nc1cccc(NC(=O)c2ccc(Cl)cc2Cl)c1)c1ccc(Br)o1. The van der Waals surface area contributed by atoms with Gasteiger partial charge in [-0.1, -0.05) is 29.3 Å². The van der Waals surface area contributed by atoms with Gasteiger partial charge in [0.1, 0.15) is 0 Å². The minimum absolute atomic E-state index is 0.166. The van der Waals surface area contributed by atoms with Gasteiger partial charge in [0.15, 0.2) is 10.4 Å². The molecule has 2 amide bonds. The van der Waals surface area contributed by atoms with Gasteiger partial charge in [0.25, 0.3) is 11.8 Å². The number of carbonyl (C=O) groups is 2. The van der Waals surface area contributed by atoms with Crippen molar-refractivity contribution in [3.63, 3.8) is 0 Å². The number of amides is 2. The van der Waals surface area contributed by atoms with E-state index in [1.54, 1.807) is 48.5 Å². The summed E-state index contributed by atoms with van der Waals surface area (Å²) in [6, 6.07) is 14.5. The number of hydrogen-bond donors (Lipinski definition) is 2. The number of nitrogens with one attached hydrogen (secondary N) is 2. The van der Waals surface area contributed by atoms with Crippen LogP contribution in [0.2, 0.25) is 10.0 Å². The average molecular weight is 454 g/mol. The smallest absolute Gasteiger partial charge is 0.291 e. The molecule has 132 valence electrons. The lowest BCUT2D eigenvalue weighted by molar-refractivity contribution is 0.0994. The van der Waals surface area contributed by atoms with Crippen molar-refractivity contribution in [1.29, 1.82) is 0 Å². The molecule has 1 heterocycles. The number of furan rings is 1. The molecule has 0 atom stereocenters. The van der Waals surface area contributed by atoms with Crippen LogP contribution in [0.1, 0.15) is 20.9 Å². The van der Waals surface area contributed by atoms with Gasteiger partial charge in [-0.05, 0) is 64.5 Å². The third kappa shape index (κ3) is 4.46. The number of benzene rings is 2. The molecule has 0 fully saturated rings. The predicted octanol–water partition coefficient (Wildman–Crippen LogP) is 5.85. The van der Waals surface area contributed by atoms with E-state index in [-0.39, 0.29) is 16.7 Å². The monoisotopic (exact) mass is 452 g/mol. The van der Waals surface area contributed by atoms with E-state index < -0.39 is 5.91 Å². The highest BCUT2D eigenvalue weighted by Crippen LogP contribution is 2.23. The second-order valence-corrected chi connectivity index (χ2v) is 6.84. The van der Waals surface area contributed by atoms with Gasteiger partial charge in [-0.3, -0.25) is 9.59 Å². The van der Waals surface area contributed by atoms with Crippen molar-refractivity contribution >= 4 is 62.3 Å². The van der Waals surface area contributed by atoms with Gasteiger partial charge in [-0.15, -0.1) is 0 Å². The maximum atomic E-state index is 12.4. The van der Waals surface area contributed by atoms with Gasteiger partial charge in [0, 0.05) is 16.4 Å².